The van der Waals surface area contributed by atoms with Crippen molar-refractivity contribution < 1.29 is 9.90 Å². The van der Waals surface area contributed by atoms with Crippen LogP contribution in [0.2, 0.25) is 0 Å². The van der Waals surface area contributed by atoms with Gasteiger partial charge in [-0.2, -0.15) is 0 Å². The Morgan fingerprint density at radius 2 is 2.24 bits per heavy atom. The second-order valence-electron chi connectivity index (χ2n) is 4.44. The fourth-order valence-corrected chi connectivity index (χ4v) is 2.24. The Morgan fingerprint density at radius 1 is 1.53 bits per heavy atom. The van der Waals surface area contributed by atoms with E-state index >= 15 is 0 Å². The van der Waals surface area contributed by atoms with Crippen LogP contribution in [0, 0.1) is 5.41 Å². The number of hydrogen-bond acceptors (Lipinski definition) is 4. The zero-order valence-electron chi connectivity index (χ0n) is 9.40. The fraction of sp³-hybridized carbons (Fsp3) is 0.545. The summed E-state index contributed by atoms with van der Waals surface area (Å²) in [4.78, 5) is 28.7. The highest BCUT2D eigenvalue weighted by Crippen LogP contribution is 2.38. The first-order chi connectivity index (χ1) is 8.12. The lowest BCUT2D eigenvalue weighted by Crippen LogP contribution is -2.35. The van der Waals surface area contributed by atoms with Gasteiger partial charge in [-0.25, -0.2) is 4.98 Å². The van der Waals surface area contributed by atoms with E-state index in [-0.39, 0.29) is 5.56 Å². The average Bonchev–Trinajstić information content (AvgIpc) is 2.76. The minimum atomic E-state index is -0.771. The normalized spacial score (nSPS) is 17.9. The van der Waals surface area contributed by atoms with Gasteiger partial charge in [0.05, 0.1) is 11.7 Å². The summed E-state index contributed by atoms with van der Waals surface area (Å²) in [7, 11) is 0. The molecule has 0 aromatic carbocycles. The molecule has 0 spiro atoms. The summed E-state index contributed by atoms with van der Waals surface area (Å²) in [5.74, 6) is -0.353. The number of aliphatic carboxylic acids is 1. The Morgan fingerprint density at radius 3 is 2.82 bits per heavy atom. The lowest BCUT2D eigenvalue weighted by Gasteiger charge is -2.24. The van der Waals surface area contributed by atoms with E-state index in [1.165, 1.54) is 12.4 Å². The minimum Gasteiger partial charge on any atom is -0.481 e. The van der Waals surface area contributed by atoms with Gasteiger partial charge in [-0.05, 0) is 12.8 Å². The lowest BCUT2D eigenvalue weighted by atomic mass is 9.86. The molecule has 0 amide bonds. The summed E-state index contributed by atoms with van der Waals surface area (Å²) in [6.07, 6.45) is 4.54. The van der Waals surface area contributed by atoms with Crippen LogP contribution in [0.4, 0.5) is 5.82 Å². The number of carboxylic acid groups (broad SMARTS) is 1. The highest BCUT2D eigenvalue weighted by atomic mass is 16.4. The molecule has 1 aromatic heterocycles. The first-order valence-corrected chi connectivity index (χ1v) is 5.64. The van der Waals surface area contributed by atoms with Gasteiger partial charge in [0.1, 0.15) is 5.82 Å². The lowest BCUT2D eigenvalue weighted by molar-refractivity contribution is -0.147. The van der Waals surface area contributed by atoms with Gasteiger partial charge in [-0.15, -0.1) is 0 Å². The predicted molar refractivity (Wildman–Crippen MR) is 61.9 cm³/mol. The van der Waals surface area contributed by atoms with E-state index in [4.69, 9.17) is 0 Å². The summed E-state index contributed by atoms with van der Waals surface area (Å²) in [5, 5.41) is 12.2. The molecule has 1 heterocycles. The smallest absolute Gasteiger partial charge is 0.311 e. The van der Waals surface area contributed by atoms with Crippen molar-refractivity contribution in [3.63, 3.8) is 0 Å². The Balaban J connectivity index is 2.06. The number of carbonyl (C=O) groups is 1. The van der Waals surface area contributed by atoms with Crippen LogP contribution in [-0.2, 0) is 4.79 Å². The Kier molecular flexibility index (Phi) is 3.12. The predicted octanol–water partition coefficient (Wildman–Crippen LogP) is 0.827. The maximum Gasteiger partial charge on any atom is 0.311 e. The molecule has 92 valence electrons. The molecule has 0 bridgehead atoms. The molecule has 0 saturated heterocycles. The Bertz CT molecular complexity index is 463. The van der Waals surface area contributed by atoms with E-state index in [0.29, 0.717) is 25.2 Å². The molecule has 0 unspecified atom stereocenters. The molecular weight excluding hydrogens is 222 g/mol. The zero-order valence-corrected chi connectivity index (χ0v) is 9.40. The number of nitrogens with zero attached hydrogens (tertiary/aromatic N) is 1. The van der Waals surface area contributed by atoms with Gasteiger partial charge in [0.2, 0.25) is 0 Å². The van der Waals surface area contributed by atoms with E-state index < -0.39 is 11.4 Å². The summed E-state index contributed by atoms with van der Waals surface area (Å²) in [5.41, 5.74) is -0.956. The third kappa shape index (κ3) is 2.46. The van der Waals surface area contributed by atoms with Gasteiger partial charge in [-0.3, -0.25) is 9.59 Å². The standard InChI is InChI=1S/C11H15N3O3/c15-9-5-8(13-7-14-9)12-6-11(10(16)17)3-1-2-4-11/h5,7H,1-4,6H2,(H,16,17)(H2,12,13,14,15). The summed E-state index contributed by atoms with van der Waals surface area (Å²) in [6.45, 7) is 0.318. The number of anilines is 1. The number of nitrogens with one attached hydrogen (secondary N) is 2. The largest absolute Gasteiger partial charge is 0.481 e. The average molecular weight is 237 g/mol. The SMILES string of the molecule is O=C(O)C1(CNc2cc(=O)[nH]cn2)CCCC1. The van der Waals surface area contributed by atoms with Crippen molar-refractivity contribution in [2.24, 2.45) is 5.41 Å². The molecule has 1 aliphatic rings. The molecule has 2 rings (SSSR count). The van der Waals surface area contributed by atoms with E-state index in [1.54, 1.807) is 0 Å². The van der Waals surface area contributed by atoms with E-state index in [0.717, 1.165) is 12.8 Å². The van der Waals surface area contributed by atoms with Crippen LogP contribution in [0.15, 0.2) is 17.2 Å². The van der Waals surface area contributed by atoms with Crippen LogP contribution >= 0.6 is 0 Å². The molecule has 3 N–H and O–H groups in total. The first-order valence-electron chi connectivity index (χ1n) is 5.64. The van der Waals surface area contributed by atoms with E-state index in [9.17, 15) is 14.7 Å². The third-order valence-corrected chi connectivity index (χ3v) is 3.30. The van der Waals surface area contributed by atoms with Gasteiger partial charge in [0.25, 0.3) is 5.56 Å². The Hall–Kier alpha value is -1.85. The molecule has 6 heteroatoms. The quantitative estimate of drug-likeness (QED) is 0.720. The fourth-order valence-electron chi connectivity index (χ4n) is 2.24. The number of aromatic nitrogens is 2. The van der Waals surface area contributed by atoms with Crippen LogP contribution in [0.3, 0.4) is 0 Å². The molecular formula is C11H15N3O3. The maximum atomic E-state index is 11.3. The molecule has 0 atom stereocenters. The van der Waals surface area contributed by atoms with Gasteiger partial charge >= 0.3 is 5.97 Å². The van der Waals surface area contributed by atoms with Gasteiger partial charge in [0, 0.05) is 12.6 Å². The van der Waals surface area contributed by atoms with Crippen molar-refractivity contribution >= 4 is 11.8 Å². The molecule has 1 aliphatic carbocycles. The van der Waals surface area contributed by atoms with Gasteiger partial charge < -0.3 is 15.4 Å². The summed E-state index contributed by atoms with van der Waals surface area (Å²) in [6, 6.07) is 1.32. The van der Waals surface area contributed by atoms with Gasteiger partial charge in [-0.1, -0.05) is 12.8 Å². The second-order valence-corrected chi connectivity index (χ2v) is 4.44. The van der Waals surface area contributed by atoms with Crippen LogP contribution in [0.5, 0.6) is 0 Å². The van der Waals surface area contributed by atoms with Crippen LogP contribution < -0.4 is 10.9 Å². The molecule has 0 radical (unpaired) electrons. The summed E-state index contributed by atoms with van der Waals surface area (Å²) >= 11 is 0. The third-order valence-electron chi connectivity index (χ3n) is 3.30. The number of hydrogen-bond donors (Lipinski definition) is 3. The van der Waals surface area contributed by atoms with Crippen molar-refractivity contribution in [1.29, 1.82) is 0 Å². The molecule has 6 nitrogen and oxygen atoms in total. The molecule has 17 heavy (non-hydrogen) atoms. The van der Waals surface area contributed by atoms with Crippen LogP contribution in [0.25, 0.3) is 0 Å². The first kappa shape index (κ1) is 11.6. The van der Waals surface area contributed by atoms with Crippen LogP contribution in [0.1, 0.15) is 25.7 Å². The molecule has 1 aromatic rings. The van der Waals surface area contributed by atoms with Crippen molar-refractivity contribution in [2.75, 3.05) is 11.9 Å². The number of rotatable bonds is 4. The van der Waals surface area contributed by atoms with Gasteiger partial charge in [0.15, 0.2) is 0 Å². The minimum absolute atomic E-state index is 0.252. The van der Waals surface area contributed by atoms with E-state index in [2.05, 4.69) is 15.3 Å². The van der Waals surface area contributed by atoms with Crippen molar-refractivity contribution in [2.45, 2.75) is 25.7 Å². The van der Waals surface area contributed by atoms with Crippen molar-refractivity contribution in [3.05, 3.63) is 22.7 Å². The highest BCUT2D eigenvalue weighted by molar-refractivity contribution is 5.75. The summed E-state index contributed by atoms with van der Waals surface area (Å²) < 4.78 is 0. The number of H-pyrrole nitrogens is 1. The van der Waals surface area contributed by atoms with Crippen LogP contribution in [-0.4, -0.2) is 27.6 Å². The molecule has 1 fully saturated rings. The Labute approximate surface area is 98.1 Å². The zero-order chi connectivity index (χ0) is 12.3. The maximum absolute atomic E-state index is 11.3. The second kappa shape index (κ2) is 4.57. The van der Waals surface area contributed by atoms with E-state index in [1.807, 2.05) is 0 Å². The highest BCUT2D eigenvalue weighted by Gasteiger charge is 2.41. The molecule has 1 saturated carbocycles. The monoisotopic (exact) mass is 237 g/mol. The topological polar surface area (TPSA) is 95.1 Å². The number of carboxylic acids is 1. The van der Waals surface area contributed by atoms with Crippen molar-refractivity contribution in [1.82, 2.24) is 9.97 Å². The number of aromatic amines is 1. The molecule has 0 aliphatic heterocycles. The van der Waals surface area contributed by atoms with Crippen molar-refractivity contribution in [3.8, 4) is 0 Å².